The van der Waals surface area contributed by atoms with Gasteiger partial charge in [-0.1, -0.05) is 5.16 Å². The van der Waals surface area contributed by atoms with Crippen molar-refractivity contribution in [1.82, 2.24) is 30.1 Å². The van der Waals surface area contributed by atoms with Crippen molar-refractivity contribution in [3.05, 3.63) is 59.6 Å². The molecule has 0 radical (unpaired) electrons. The van der Waals surface area contributed by atoms with Gasteiger partial charge >= 0.3 is 18.2 Å². The van der Waals surface area contributed by atoms with Crippen molar-refractivity contribution >= 4 is 23.0 Å². The molecule has 0 aliphatic carbocycles. The molecule has 0 N–H and O–H groups in total. The van der Waals surface area contributed by atoms with Crippen LogP contribution < -0.4 is 4.90 Å². The van der Waals surface area contributed by atoms with Crippen LogP contribution in [0.1, 0.15) is 16.5 Å². The van der Waals surface area contributed by atoms with E-state index in [4.69, 9.17) is 0 Å². The van der Waals surface area contributed by atoms with Crippen LogP contribution in [0, 0.1) is 0 Å². The van der Waals surface area contributed by atoms with Gasteiger partial charge in [0, 0.05) is 17.3 Å². The van der Waals surface area contributed by atoms with Crippen LogP contribution in [-0.2, 0) is 18.9 Å². The van der Waals surface area contributed by atoms with Gasteiger partial charge in [-0.05, 0) is 12.1 Å². The van der Waals surface area contributed by atoms with E-state index >= 15 is 0 Å². The number of rotatable bonds is 5. The normalized spacial score (nSPS) is 12.2. The number of thiophene rings is 1. The van der Waals surface area contributed by atoms with Gasteiger partial charge in [-0.2, -0.15) is 31.3 Å². The lowest BCUT2D eigenvalue weighted by Crippen LogP contribution is -2.20. The van der Waals surface area contributed by atoms with Crippen molar-refractivity contribution in [3.8, 4) is 10.7 Å². The Balaban J connectivity index is 1.66. The van der Waals surface area contributed by atoms with Gasteiger partial charge in [0.2, 0.25) is 5.82 Å². The fraction of sp³-hybridized carbons (Fsp3) is 0.176. The lowest BCUT2D eigenvalue weighted by atomic mass is 10.3. The summed E-state index contributed by atoms with van der Waals surface area (Å²) in [5.41, 5.74) is -1.19. The molecule has 0 aliphatic rings. The van der Waals surface area contributed by atoms with E-state index in [1.807, 2.05) is 0 Å². The van der Waals surface area contributed by atoms with Crippen LogP contribution in [0.5, 0.6) is 0 Å². The average molecular weight is 473 g/mol. The smallest absolute Gasteiger partial charge is 0.329 e. The molecule has 4 heterocycles. The lowest BCUT2D eigenvalue weighted by molar-refractivity contribution is -0.159. The Morgan fingerprint density at radius 1 is 0.875 bits per heavy atom. The Labute approximate surface area is 178 Å². The van der Waals surface area contributed by atoms with Crippen molar-refractivity contribution in [1.29, 1.82) is 0 Å². The molecule has 15 heteroatoms. The van der Waals surface area contributed by atoms with Crippen molar-refractivity contribution in [3.63, 3.8) is 0 Å². The number of alkyl halides is 6. The molecule has 0 aliphatic heterocycles. The molecule has 0 unspecified atom stereocenters. The molecular formula is C17H9F6N7OS. The molecule has 0 saturated heterocycles. The maximum Gasteiger partial charge on any atom is 0.471 e. The van der Waals surface area contributed by atoms with Gasteiger partial charge < -0.3 is 9.42 Å². The molecule has 32 heavy (non-hydrogen) atoms. The summed E-state index contributed by atoms with van der Waals surface area (Å²) in [6.07, 6.45) is -3.70. The quantitative estimate of drug-likeness (QED) is 0.383. The van der Waals surface area contributed by atoms with Gasteiger partial charge in [0.25, 0.3) is 0 Å². The molecule has 4 rings (SSSR count). The Morgan fingerprint density at radius 2 is 1.66 bits per heavy atom. The maximum atomic E-state index is 13.1. The summed E-state index contributed by atoms with van der Waals surface area (Å²) < 4.78 is 81.5. The fourth-order valence-corrected chi connectivity index (χ4v) is 3.43. The molecule has 4 aromatic heterocycles. The number of nitrogens with zero attached hydrogens (tertiary/aromatic N) is 7. The first-order chi connectivity index (χ1) is 15.1. The zero-order chi connectivity index (χ0) is 22.9. The van der Waals surface area contributed by atoms with E-state index in [-0.39, 0.29) is 28.9 Å². The van der Waals surface area contributed by atoms with Crippen LogP contribution in [0.2, 0.25) is 0 Å². The van der Waals surface area contributed by atoms with E-state index < -0.39 is 23.9 Å². The largest absolute Gasteiger partial charge is 0.471 e. The minimum Gasteiger partial charge on any atom is -0.329 e. The third kappa shape index (κ3) is 4.66. The number of hydrogen-bond acceptors (Lipinski definition) is 9. The van der Waals surface area contributed by atoms with Gasteiger partial charge in [0.05, 0.1) is 30.0 Å². The van der Waals surface area contributed by atoms with E-state index in [0.717, 1.165) is 17.5 Å². The number of aromatic nitrogens is 6. The summed E-state index contributed by atoms with van der Waals surface area (Å²) in [5.74, 6) is -1.70. The second-order valence-electron chi connectivity index (χ2n) is 6.10. The first-order valence-corrected chi connectivity index (χ1v) is 9.36. The molecule has 4 aromatic rings. The van der Waals surface area contributed by atoms with Crippen molar-refractivity contribution in [2.24, 2.45) is 0 Å². The van der Waals surface area contributed by atoms with Crippen molar-refractivity contribution < 1.29 is 30.9 Å². The van der Waals surface area contributed by atoms with Crippen LogP contribution in [0.25, 0.3) is 10.7 Å². The predicted molar refractivity (Wildman–Crippen MR) is 97.5 cm³/mol. The molecule has 0 bridgehead atoms. The standard InChI is InChI=1S/C17H9F6N7OS/c18-16(19,20)11-5-25-7-13(27-11)30(12-6-24-3-4-26-12)8-9-1-2-10(32-9)14-28-15(31-29-14)17(21,22)23/h1-7H,8H2. The average Bonchev–Trinajstić information content (AvgIpc) is 3.41. The van der Waals surface area contributed by atoms with Gasteiger partial charge in [-0.3, -0.25) is 9.97 Å². The molecule has 8 nitrogen and oxygen atoms in total. The summed E-state index contributed by atoms with van der Waals surface area (Å²) in [7, 11) is 0. The Bertz CT molecular complexity index is 1210. The van der Waals surface area contributed by atoms with E-state index in [1.165, 1.54) is 29.6 Å². The molecule has 0 spiro atoms. The fourth-order valence-electron chi connectivity index (χ4n) is 2.51. The molecule has 0 atom stereocenters. The summed E-state index contributed by atoms with van der Waals surface area (Å²) >= 11 is 1.02. The first-order valence-electron chi connectivity index (χ1n) is 8.54. The summed E-state index contributed by atoms with van der Waals surface area (Å²) in [4.78, 5) is 20.7. The highest BCUT2D eigenvalue weighted by molar-refractivity contribution is 7.15. The minimum atomic E-state index is -4.78. The van der Waals surface area contributed by atoms with Crippen LogP contribution >= 0.6 is 11.3 Å². The first kappa shape index (κ1) is 21.6. The molecule has 166 valence electrons. The second-order valence-corrected chi connectivity index (χ2v) is 7.27. The summed E-state index contributed by atoms with van der Waals surface area (Å²) in [6.45, 7) is -0.0245. The third-order valence-electron chi connectivity index (χ3n) is 3.88. The van der Waals surface area contributed by atoms with Crippen LogP contribution in [0.15, 0.2) is 47.6 Å². The predicted octanol–water partition coefficient (Wildman–Crippen LogP) is 4.75. The van der Waals surface area contributed by atoms with Crippen LogP contribution in [-0.4, -0.2) is 30.1 Å². The monoisotopic (exact) mass is 473 g/mol. The van der Waals surface area contributed by atoms with Gasteiger partial charge in [-0.25, -0.2) is 9.97 Å². The maximum absolute atomic E-state index is 13.1. The van der Waals surface area contributed by atoms with Gasteiger partial charge in [-0.15, -0.1) is 11.3 Å². The Kier molecular flexibility index (Phi) is 5.50. The van der Waals surface area contributed by atoms with E-state index in [2.05, 4.69) is 34.6 Å². The molecule has 0 saturated carbocycles. The number of anilines is 2. The highest BCUT2D eigenvalue weighted by atomic mass is 32.1. The highest BCUT2D eigenvalue weighted by Gasteiger charge is 2.38. The summed E-state index contributed by atoms with van der Waals surface area (Å²) in [6, 6.07) is 3.03. The number of halogens is 6. The van der Waals surface area contributed by atoms with Crippen molar-refractivity contribution in [2.75, 3.05) is 4.90 Å². The van der Waals surface area contributed by atoms with E-state index in [0.29, 0.717) is 11.1 Å². The van der Waals surface area contributed by atoms with Crippen LogP contribution in [0.4, 0.5) is 38.0 Å². The van der Waals surface area contributed by atoms with E-state index in [9.17, 15) is 26.3 Å². The van der Waals surface area contributed by atoms with Crippen molar-refractivity contribution in [2.45, 2.75) is 18.9 Å². The zero-order valence-electron chi connectivity index (χ0n) is 15.5. The van der Waals surface area contributed by atoms with Crippen LogP contribution in [0.3, 0.4) is 0 Å². The summed E-state index contributed by atoms with van der Waals surface area (Å²) in [5, 5.41) is 3.32. The number of hydrogen-bond donors (Lipinski definition) is 0. The van der Waals surface area contributed by atoms with Gasteiger partial charge in [0.15, 0.2) is 17.3 Å². The molecule has 0 fully saturated rings. The molecular weight excluding hydrogens is 464 g/mol. The third-order valence-corrected chi connectivity index (χ3v) is 4.95. The minimum absolute atomic E-state index is 0.0245. The van der Waals surface area contributed by atoms with Gasteiger partial charge in [0.1, 0.15) is 0 Å². The topological polar surface area (TPSA) is 93.7 Å². The Morgan fingerprint density at radius 3 is 2.31 bits per heavy atom. The Hall–Kier alpha value is -3.62. The molecule has 0 aromatic carbocycles. The lowest BCUT2D eigenvalue weighted by Gasteiger charge is -2.22. The second kappa shape index (κ2) is 8.14. The highest BCUT2D eigenvalue weighted by Crippen LogP contribution is 2.34. The molecule has 0 amide bonds. The zero-order valence-corrected chi connectivity index (χ0v) is 16.3. The van der Waals surface area contributed by atoms with E-state index in [1.54, 1.807) is 6.07 Å². The SMILES string of the molecule is FC(F)(F)c1cncc(N(Cc2ccc(-c3noc(C(F)(F)F)n3)s2)c2cnccn2)n1.